The molecule has 0 aliphatic heterocycles. The number of rotatable bonds is 3. The molecular weight excluding hydrogens is 271 g/mol. The number of aromatic amines is 1. The van der Waals surface area contributed by atoms with Gasteiger partial charge in [0.25, 0.3) is 5.91 Å². The van der Waals surface area contributed by atoms with Gasteiger partial charge in [-0.25, -0.2) is 0 Å². The molecule has 0 aliphatic rings. The van der Waals surface area contributed by atoms with E-state index in [1.807, 2.05) is 6.92 Å². The van der Waals surface area contributed by atoms with E-state index in [9.17, 15) is 18.0 Å². The van der Waals surface area contributed by atoms with Crippen LogP contribution in [-0.4, -0.2) is 16.1 Å². The van der Waals surface area contributed by atoms with Crippen molar-refractivity contribution in [2.45, 2.75) is 19.5 Å². The molecule has 106 valence electrons. The van der Waals surface area contributed by atoms with E-state index >= 15 is 0 Å². The highest BCUT2D eigenvalue weighted by Crippen LogP contribution is 2.32. The van der Waals surface area contributed by atoms with Crippen molar-refractivity contribution in [3.8, 4) is 0 Å². The van der Waals surface area contributed by atoms with Crippen LogP contribution in [0.25, 0.3) is 0 Å². The maximum Gasteiger partial charge on any atom is 0.417 e. The lowest BCUT2D eigenvalue weighted by Crippen LogP contribution is -2.19. The van der Waals surface area contributed by atoms with Gasteiger partial charge in [0.2, 0.25) is 0 Å². The number of alkyl halides is 3. The summed E-state index contributed by atoms with van der Waals surface area (Å²) in [5, 5.41) is 8.71. The number of hydrogen-bond acceptors (Lipinski definition) is 2. The van der Waals surface area contributed by atoms with Gasteiger partial charge in [0.15, 0.2) is 0 Å². The number of aromatic nitrogens is 2. The monoisotopic (exact) mass is 283 g/mol. The van der Waals surface area contributed by atoms with Gasteiger partial charge in [-0.15, -0.1) is 0 Å². The maximum atomic E-state index is 12.8. The number of aryl methyl sites for hydroxylation is 1. The topological polar surface area (TPSA) is 57.8 Å². The molecule has 2 N–H and O–H groups in total. The minimum absolute atomic E-state index is 0.314. The van der Waals surface area contributed by atoms with Gasteiger partial charge in [-0.2, -0.15) is 18.3 Å². The second-order valence-corrected chi connectivity index (χ2v) is 4.12. The van der Waals surface area contributed by atoms with Crippen LogP contribution in [0.3, 0.4) is 0 Å². The first-order valence-electron chi connectivity index (χ1n) is 5.93. The first-order chi connectivity index (χ1) is 9.43. The third-order valence-corrected chi connectivity index (χ3v) is 2.81. The summed E-state index contributed by atoms with van der Waals surface area (Å²) in [6.07, 6.45) is -2.45. The van der Waals surface area contributed by atoms with E-state index in [4.69, 9.17) is 0 Å². The van der Waals surface area contributed by atoms with Crippen LogP contribution in [0.4, 0.5) is 19.0 Å². The quantitative estimate of drug-likeness (QED) is 0.908. The lowest BCUT2D eigenvalue weighted by atomic mass is 10.1. The molecule has 0 unspecified atom stereocenters. The summed E-state index contributed by atoms with van der Waals surface area (Å²) in [4.78, 5) is 12.0. The summed E-state index contributed by atoms with van der Waals surface area (Å²) in [5.41, 5.74) is -0.658. The number of carbonyl (C=O) groups is 1. The maximum absolute atomic E-state index is 12.8. The van der Waals surface area contributed by atoms with Gasteiger partial charge in [-0.05, 0) is 18.6 Å². The van der Waals surface area contributed by atoms with Crippen LogP contribution in [0, 0.1) is 0 Å². The predicted molar refractivity (Wildman–Crippen MR) is 67.4 cm³/mol. The van der Waals surface area contributed by atoms with Crippen LogP contribution in [0.1, 0.15) is 28.4 Å². The smallest absolute Gasteiger partial charge is 0.307 e. The largest absolute Gasteiger partial charge is 0.417 e. The van der Waals surface area contributed by atoms with Crippen molar-refractivity contribution >= 4 is 11.7 Å². The van der Waals surface area contributed by atoms with Crippen molar-refractivity contribution in [3.63, 3.8) is 0 Å². The van der Waals surface area contributed by atoms with Crippen LogP contribution in [-0.2, 0) is 12.6 Å². The highest BCUT2D eigenvalue weighted by Gasteiger charge is 2.34. The van der Waals surface area contributed by atoms with Crippen molar-refractivity contribution in [2.24, 2.45) is 0 Å². The Balaban J connectivity index is 2.31. The normalized spacial score (nSPS) is 11.4. The summed E-state index contributed by atoms with van der Waals surface area (Å²) < 4.78 is 38.5. The second kappa shape index (κ2) is 5.36. The fourth-order valence-electron chi connectivity index (χ4n) is 1.80. The summed E-state index contributed by atoms with van der Waals surface area (Å²) in [6, 6.07) is 4.65. The number of nitrogens with zero attached hydrogens (tertiary/aromatic N) is 1. The van der Waals surface area contributed by atoms with E-state index in [1.165, 1.54) is 18.3 Å². The number of H-pyrrole nitrogens is 1. The lowest BCUT2D eigenvalue weighted by Gasteiger charge is -2.12. The van der Waals surface area contributed by atoms with Gasteiger partial charge < -0.3 is 5.32 Å². The van der Waals surface area contributed by atoms with Gasteiger partial charge in [-0.3, -0.25) is 9.89 Å². The molecule has 7 heteroatoms. The molecule has 1 amide bonds. The first-order valence-corrected chi connectivity index (χ1v) is 5.93. The third-order valence-electron chi connectivity index (χ3n) is 2.81. The molecule has 0 saturated carbocycles. The minimum atomic E-state index is -4.57. The van der Waals surface area contributed by atoms with Crippen molar-refractivity contribution < 1.29 is 18.0 Å². The Hall–Kier alpha value is -2.31. The molecule has 4 nitrogen and oxygen atoms in total. The molecule has 0 spiro atoms. The molecule has 0 bridgehead atoms. The van der Waals surface area contributed by atoms with E-state index in [2.05, 4.69) is 15.5 Å². The zero-order chi connectivity index (χ0) is 14.8. The predicted octanol–water partition coefficient (Wildman–Crippen LogP) is 3.24. The highest BCUT2D eigenvalue weighted by atomic mass is 19.4. The number of halogens is 3. The summed E-state index contributed by atoms with van der Waals surface area (Å²) in [5.74, 6) is -0.508. The number of carbonyl (C=O) groups excluding carboxylic acids is 1. The van der Waals surface area contributed by atoms with Crippen molar-refractivity contribution in [1.29, 1.82) is 0 Å². The van der Waals surface area contributed by atoms with E-state index in [-0.39, 0.29) is 0 Å². The molecular formula is C13H12F3N3O. The number of benzene rings is 1. The molecule has 1 aromatic heterocycles. The van der Waals surface area contributed by atoms with Crippen LogP contribution in [0.2, 0.25) is 0 Å². The van der Waals surface area contributed by atoms with Crippen LogP contribution in [0.5, 0.6) is 0 Å². The molecule has 0 radical (unpaired) electrons. The van der Waals surface area contributed by atoms with Crippen LogP contribution in [0.15, 0.2) is 30.5 Å². The fraction of sp³-hybridized carbons (Fsp3) is 0.231. The molecule has 1 heterocycles. The van der Waals surface area contributed by atoms with Crippen molar-refractivity contribution in [1.82, 2.24) is 10.2 Å². The van der Waals surface area contributed by atoms with Gasteiger partial charge in [0.1, 0.15) is 5.82 Å². The van der Waals surface area contributed by atoms with Gasteiger partial charge in [0.05, 0.1) is 17.3 Å². The molecule has 0 fully saturated rings. The Bertz CT molecular complexity index is 619. The lowest BCUT2D eigenvalue weighted by molar-refractivity contribution is -0.137. The molecule has 20 heavy (non-hydrogen) atoms. The zero-order valence-corrected chi connectivity index (χ0v) is 10.6. The Morgan fingerprint density at radius 2 is 2.05 bits per heavy atom. The van der Waals surface area contributed by atoms with Crippen LogP contribution < -0.4 is 5.32 Å². The second-order valence-electron chi connectivity index (χ2n) is 4.12. The Morgan fingerprint density at radius 1 is 1.35 bits per heavy atom. The summed E-state index contributed by atoms with van der Waals surface area (Å²) in [6.45, 7) is 1.85. The standard InChI is InChI=1S/C13H12F3N3O/c1-2-8-7-17-19-11(8)18-12(20)9-5-3-4-6-10(9)13(14,15)16/h3-7H,2H2,1H3,(H2,17,18,19,20). The number of anilines is 1. The van der Waals surface area contributed by atoms with Gasteiger partial charge >= 0.3 is 6.18 Å². The third kappa shape index (κ3) is 2.81. The number of nitrogens with one attached hydrogen (secondary N) is 2. The number of amides is 1. The molecule has 0 atom stereocenters. The Kier molecular flexibility index (Phi) is 3.78. The molecule has 0 aliphatic carbocycles. The fourth-order valence-corrected chi connectivity index (χ4v) is 1.80. The van der Waals surface area contributed by atoms with E-state index < -0.39 is 23.2 Å². The summed E-state index contributed by atoms with van der Waals surface area (Å²) in [7, 11) is 0. The van der Waals surface area contributed by atoms with E-state index in [0.717, 1.165) is 17.7 Å². The average Bonchev–Trinajstić information content (AvgIpc) is 2.85. The van der Waals surface area contributed by atoms with E-state index in [1.54, 1.807) is 0 Å². The molecule has 2 rings (SSSR count). The van der Waals surface area contributed by atoms with Crippen molar-refractivity contribution in [2.75, 3.05) is 5.32 Å². The zero-order valence-electron chi connectivity index (χ0n) is 10.6. The Labute approximate surface area is 113 Å². The minimum Gasteiger partial charge on any atom is -0.307 e. The molecule has 0 saturated heterocycles. The van der Waals surface area contributed by atoms with Gasteiger partial charge in [-0.1, -0.05) is 19.1 Å². The van der Waals surface area contributed by atoms with Gasteiger partial charge in [0, 0.05) is 5.56 Å². The number of hydrogen-bond donors (Lipinski definition) is 2. The first kappa shape index (κ1) is 14.1. The SMILES string of the molecule is CCc1cn[nH]c1NC(=O)c1ccccc1C(F)(F)F. The van der Waals surface area contributed by atoms with E-state index in [0.29, 0.717) is 12.2 Å². The molecule has 2 aromatic rings. The molecule has 1 aromatic carbocycles. The highest BCUT2D eigenvalue weighted by molar-refractivity contribution is 6.05. The Morgan fingerprint density at radius 3 is 2.70 bits per heavy atom. The van der Waals surface area contributed by atoms with Crippen molar-refractivity contribution in [3.05, 3.63) is 47.2 Å². The van der Waals surface area contributed by atoms with Crippen LogP contribution >= 0.6 is 0 Å². The summed E-state index contributed by atoms with van der Waals surface area (Å²) >= 11 is 0. The average molecular weight is 283 g/mol.